The van der Waals surface area contributed by atoms with E-state index in [9.17, 15) is 18.8 Å². The molecule has 0 fully saturated rings. The van der Waals surface area contributed by atoms with Crippen LogP contribution < -0.4 is 16.2 Å². The number of anilines is 1. The Balaban J connectivity index is 2.02. The van der Waals surface area contributed by atoms with Crippen LogP contribution in [0, 0.1) is 19.7 Å². The second-order valence-electron chi connectivity index (χ2n) is 7.12. The van der Waals surface area contributed by atoms with Crippen molar-refractivity contribution in [3.8, 4) is 11.4 Å². The van der Waals surface area contributed by atoms with Gasteiger partial charge in [0, 0.05) is 24.0 Å². The molecule has 2 N–H and O–H groups in total. The number of nitrogens with zero attached hydrogens (tertiary/aromatic N) is 2. The number of benzene rings is 2. The predicted molar refractivity (Wildman–Crippen MR) is 116 cm³/mol. The van der Waals surface area contributed by atoms with Crippen molar-refractivity contribution in [2.45, 2.75) is 27.3 Å². The third-order valence-corrected chi connectivity index (χ3v) is 4.70. The van der Waals surface area contributed by atoms with Crippen LogP contribution in [0.2, 0.25) is 0 Å². The van der Waals surface area contributed by atoms with Crippen molar-refractivity contribution in [2.75, 3.05) is 11.9 Å². The number of hydrogen-bond acceptors (Lipinski definition) is 4. The van der Waals surface area contributed by atoms with E-state index in [1.807, 2.05) is 32.0 Å². The van der Waals surface area contributed by atoms with Gasteiger partial charge in [0.25, 0.3) is 11.5 Å². The van der Waals surface area contributed by atoms with Crippen LogP contribution in [0.1, 0.15) is 28.4 Å². The minimum Gasteiger partial charge on any atom is -0.352 e. The number of rotatable bonds is 6. The van der Waals surface area contributed by atoms with E-state index in [2.05, 4.69) is 15.6 Å². The molecule has 0 aliphatic rings. The molecule has 3 rings (SSSR count). The van der Waals surface area contributed by atoms with Gasteiger partial charge < -0.3 is 10.6 Å². The van der Waals surface area contributed by atoms with Crippen LogP contribution in [-0.2, 0) is 11.3 Å². The molecule has 0 bridgehead atoms. The zero-order chi connectivity index (χ0) is 22.5. The SMILES string of the molecule is CCNC(=O)c1cnc(-c2ccc(F)cc2)n(CC(=O)Nc2cc(C)ccc2C)c1=O. The normalized spacial score (nSPS) is 10.6. The summed E-state index contributed by atoms with van der Waals surface area (Å²) in [7, 11) is 0. The maximum absolute atomic E-state index is 13.4. The van der Waals surface area contributed by atoms with E-state index in [0.717, 1.165) is 15.7 Å². The molecule has 0 saturated heterocycles. The largest absolute Gasteiger partial charge is 0.352 e. The minimum atomic E-state index is -0.656. The second-order valence-corrected chi connectivity index (χ2v) is 7.12. The van der Waals surface area contributed by atoms with E-state index in [-0.39, 0.29) is 17.9 Å². The molecule has 0 unspecified atom stereocenters. The summed E-state index contributed by atoms with van der Waals surface area (Å²) in [5.41, 5.74) is 2.10. The molecule has 0 aliphatic heterocycles. The molecule has 2 amide bonds. The topological polar surface area (TPSA) is 93.1 Å². The highest BCUT2D eigenvalue weighted by Crippen LogP contribution is 2.18. The first-order valence-electron chi connectivity index (χ1n) is 9.81. The first-order chi connectivity index (χ1) is 14.8. The smallest absolute Gasteiger partial charge is 0.267 e. The number of hydrogen-bond donors (Lipinski definition) is 2. The summed E-state index contributed by atoms with van der Waals surface area (Å²) in [6.07, 6.45) is 1.17. The van der Waals surface area contributed by atoms with Crippen molar-refractivity contribution >= 4 is 17.5 Å². The van der Waals surface area contributed by atoms with Gasteiger partial charge in [-0.1, -0.05) is 12.1 Å². The summed E-state index contributed by atoms with van der Waals surface area (Å²) in [4.78, 5) is 42.3. The minimum absolute atomic E-state index is 0.161. The summed E-state index contributed by atoms with van der Waals surface area (Å²) >= 11 is 0. The van der Waals surface area contributed by atoms with Gasteiger partial charge in [0.1, 0.15) is 23.7 Å². The van der Waals surface area contributed by atoms with Gasteiger partial charge in [0.2, 0.25) is 5.91 Å². The second kappa shape index (κ2) is 9.34. The number of aromatic nitrogens is 2. The fourth-order valence-electron chi connectivity index (χ4n) is 3.08. The van der Waals surface area contributed by atoms with E-state index < -0.39 is 23.2 Å². The number of aryl methyl sites for hydroxylation is 2. The molecule has 0 saturated carbocycles. The van der Waals surface area contributed by atoms with E-state index in [0.29, 0.717) is 17.8 Å². The van der Waals surface area contributed by atoms with Crippen molar-refractivity contribution in [1.82, 2.24) is 14.9 Å². The van der Waals surface area contributed by atoms with Crippen LogP contribution in [-0.4, -0.2) is 27.9 Å². The highest BCUT2D eigenvalue weighted by atomic mass is 19.1. The van der Waals surface area contributed by atoms with Crippen LogP contribution in [0.5, 0.6) is 0 Å². The summed E-state index contributed by atoms with van der Waals surface area (Å²) < 4.78 is 14.5. The third-order valence-electron chi connectivity index (χ3n) is 4.70. The summed E-state index contributed by atoms with van der Waals surface area (Å²) in [5.74, 6) is -1.30. The molecular weight excluding hydrogens is 399 g/mol. The number of nitrogens with one attached hydrogen (secondary N) is 2. The molecular formula is C23H23FN4O3. The van der Waals surface area contributed by atoms with Crippen LogP contribution in [0.25, 0.3) is 11.4 Å². The molecule has 0 atom stereocenters. The Bertz CT molecular complexity index is 1190. The Morgan fingerprint density at radius 3 is 2.48 bits per heavy atom. The lowest BCUT2D eigenvalue weighted by Crippen LogP contribution is -2.36. The van der Waals surface area contributed by atoms with Crippen molar-refractivity contribution in [1.29, 1.82) is 0 Å². The number of amides is 2. The Morgan fingerprint density at radius 2 is 1.81 bits per heavy atom. The van der Waals surface area contributed by atoms with Gasteiger partial charge in [-0.05, 0) is 62.2 Å². The van der Waals surface area contributed by atoms with Gasteiger partial charge in [-0.25, -0.2) is 9.37 Å². The van der Waals surface area contributed by atoms with Gasteiger partial charge in [0.05, 0.1) is 0 Å². The van der Waals surface area contributed by atoms with E-state index in [1.165, 1.54) is 30.5 Å². The van der Waals surface area contributed by atoms with Gasteiger partial charge in [0.15, 0.2) is 0 Å². The lowest BCUT2D eigenvalue weighted by atomic mass is 10.1. The zero-order valence-corrected chi connectivity index (χ0v) is 17.5. The van der Waals surface area contributed by atoms with Crippen LogP contribution in [0.4, 0.5) is 10.1 Å². The molecule has 160 valence electrons. The molecule has 1 aromatic heterocycles. The Labute approximate surface area is 178 Å². The number of carbonyl (C=O) groups is 2. The quantitative estimate of drug-likeness (QED) is 0.639. The van der Waals surface area contributed by atoms with Gasteiger partial charge in [-0.2, -0.15) is 0 Å². The molecule has 3 aromatic rings. The summed E-state index contributed by atoms with van der Waals surface area (Å²) in [6.45, 7) is 5.48. The van der Waals surface area contributed by atoms with Gasteiger partial charge in [-0.15, -0.1) is 0 Å². The van der Waals surface area contributed by atoms with Crippen molar-refractivity contribution in [2.24, 2.45) is 0 Å². The van der Waals surface area contributed by atoms with E-state index in [4.69, 9.17) is 0 Å². The van der Waals surface area contributed by atoms with E-state index in [1.54, 1.807) is 6.92 Å². The van der Waals surface area contributed by atoms with Crippen molar-refractivity contribution < 1.29 is 14.0 Å². The zero-order valence-electron chi connectivity index (χ0n) is 17.5. The molecule has 0 aliphatic carbocycles. The average Bonchev–Trinajstić information content (AvgIpc) is 2.73. The van der Waals surface area contributed by atoms with Gasteiger partial charge in [-0.3, -0.25) is 19.0 Å². The van der Waals surface area contributed by atoms with Gasteiger partial charge >= 0.3 is 0 Å². The van der Waals surface area contributed by atoms with Crippen molar-refractivity contribution in [3.63, 3.8) is 0 Å². The number of halogens is 1. The molecule has 0 spiro atoms. The highest BCUT2D eigenvalue weighted by molar-refractivity contribution is 5.94. The maximum atomic E-state index is 13.4. The number of carbonyl (C=O) groups excluding carboxylic acids is 2. The fraction of sp³-hybridized carbons (Fsp3) is 0.217. The third kappa shape index (κ3) is 5.03. The first kappa shape index (κ1) is 21.9. The lowest BCUT2D eigenvalue weighted by molar-refractivity contribution is -0.116. The molecule has 2 aromatic carbocycles. The van der Waals surface area contributed by atoms with Crippen LogP contribution in [0.3, 0.4) is 0 Å². The molecule has 1 heterocycles. The molecule has 0 radical (unpaired) electrons. The molecule has 8 heteroatoms. The highest BCUT2D eigenvalue weighted by Gasteiger charge is 2.19. The lowest BCUT2D eigenvalue weighted by Gasteiger charge is -2.15. The molecule has 7 nitrogen and oxygen atoms in total. The standard InChI is InChI=1S/C23H23FN4O3/c1-4-25-22(30)18-12-26-21(16-7-9-17(24)10-8-16)28(23(18)31)13-20(29)27-19-11-14(2)5-6-15(19)3/h5-12H,4,13H2,1-3H3,(H,25,30)(H,27,29). The van der Waals surface area contributed by atoms with Crippen LogP contribution >= 0.6 is 0 Å². The Morgan fingerprint density at radius 1 is 1.10 bits per heavy atom. The summed E-state index contributed by atoms with van der Waals surface area (Å²) in [6, 6.07) is 11.0. The monoisotopic (exact) mass is 422 g/mol. The van der Waals surface area contributed by atoms with E-state index >= 15 is 0 Å². The molecule has 31 heavy (non-hydrogen) atoms. The van der Waals surface area contributed by atoms with Crippen molar-refractivity contribution in [3.05, 3.63) is 81.5 Å². The Kier molecular flexibility index (Phi) is 6.59. The van der Waals surface area contributed by atoms with Crippen LogP contribution in [0.15, 0.2) is 53.5 Å². The predicted octanol–water partition coefficient (Wildman–Crippen LogP) is 3.05. The summed E-state index contributed by atoms with van der Waals surface area (Å²) in [5, 5.41) is 5.36. The first-order valence-corrected chi connectivity index (χ1v) is 9.81. The Hall–Kier alpha value is -3.81. The fourth-order valence-corrected chi connectivity index (χ4v) is 3.08. The average molecular weight is 422 g/mol. The maximum Gasteiger partial charge on any atom is 0.267 e.